The summed E-state index contributed by atoms with van der Waals surface area (Å²) in [5.74, 6) is 0.608. The van der Waals surface area contributed by atoms with Crippen LogP contribution in [0, 0.1) is 5.92 Å². The Bertz CT molecular complexity index is 296. The number of thioether (sulfide) groups is 2. The van der Waals surface area contributed by atoms with Crippen molar-refractivity contribution in [3.63, 3.8) is 0 Å². The highest BCUT2D eigenvalue weighted by atomic mass is 32.2. The van der Waals surface area contributed by atoms with Gasteiger partial charge in [0.1, 0.15) is 6.04 Å². The fourth-order valence-electron chi connectivity index (χ4n) is 1.87. The third-order valence-electron chi connectivity index (χ3n) is 2.70. The van der Waals surface area contributed by atoms with Gasteiger partial charge < -0.3 is 10.0 Å². The van der Waals surface area contributed by atoms with Gasteiger partial charge in [-0.05, 0) is 12.2 Å². The molecule has 1 amide bonds. The van der Waals surface area contributed by atoms with Crippen LogP contribution in [-0.2, 0) is 9.59 Å². The Labute approximate surface area is 111 Å². The SMILES string of the molecule is CSCCC(=O)N1C(C(=O)O)CSC1C(C)C. The molecule has 1 rings (SSSR count). The topological polar surface area (TPSA) is 57.6 Å². The van der Waals surface area contributed by atoms with Gasteiger partial charge in [0.05, 0.1) is 5.37 Å². The Hall–Kier alpha value is -0.360. The maximum atomic E-state index is 12.1. The molecule has 17 heavy (non-hydrogen) atoms. The van der Waals surface area contributed by atoms with E-state index in [4.69, 9.17) is 5.11 Å². The number of carbonyl (C=O) groups is 2. The fraction of sp³-hybridized carbons (Fsp3) is 0.818. The summed E-state index contributed by atoms with van der Waals surface area (Å²) in [7, 11) is 0. The van der Waals surface area contributed by atoms with Crippen LogP contribution in [0.2, 0.25) is 0 Å². The lowest BCUT2D eigenvalue weighted by atomic mass is 10.1. The quantitative estimate of drug-likeness (QED) is 0.829. The second-order valence-corrected chi connectivity index (χ2v) is 6.50. The van der Waals surface area contributed by atoms with Gasteiger partial charge in [0, 0.05) is 17.9 Å². The number of aliphatic carboxylic acids is 1. The molecule has 1 heterocycles. The Balaban J connectivity index is 2.78. The van der Waals surface area contributed by atoms with Crippen molar-refractivity contribution in [3.8, 4) is 0 Å². The van der Waals surface area contributed by atoms with Crippen LogP contribution >= 0.6 is 23.5 Å². The van der Waals surface area contributed by atoms with E-state index in [1.807, 2.05) is 20.1 Å². The number of amides is 1. The van der Waals surface area contributed by atoms with E-state index in [1.54, 1.807) is 28.4 Å². The predicted molar refractivity (Wildman–Crippen MR) is 72.4 cm³/mol. The third kappa shape index (κ3) is 3.55. The highest BCUT2D eigenvalue weighted by molar-refractivity contribution is 8.00. The summed E-state index contributed by atoms with van der Waals surface area (Å²) < 4.78 is 0. The van der Waals surface area contributed by atoms with Gasteiger partial charge in [-0.1, -0.05) is 13.8 Å². The Morgan fingerprint density at radius 3 is 2.65 bits per heavy atom. The molecule has 1 saturated heterocycles. The summed E-state index contributed by atoms with van der Waals surface area (Å²) in [6.45, 7) is 4.05. The number of hydrogen-bond donors (Lipinski definition) is 1. The minimum atomic E-state index is -0.891. The number of hydrogen-bond acceptors (Lipinski definition) is 4. The average molecular weight is 277 g/mol. The molecule has 0 aliphatic carbocycles. The highest BCUT2D eigenvalue weighted by Gasteiger charge is 2.42. The first kappa shape index (κ1) is 14.7. The normalized spacial score (nSPS) is 24.4. The lowest BCUT2D eigenvalue weighted by Crippen LogP contribution is -2.47. The van der Waals surface area contributed by atoms with Crippen LogP contribution in [-0.4, -0.2) is 51.1 Å². The molecule has 6 heteroatoms. The van der Waals surface area contributed by atoms with Gasteiger partial charge in [-0.25, -0.2) is 4.79 Å². The Morgan fingerprint density at radius 1 is 1.53 bits per heavy atom. The number of carboxylic acid groups (broad SMARTS) is 1. The maximum absolute atomic E-state index is 12.1. The third-order valence-corrected chi connectivity index (χ3v) is 4.93. The van der Waals surface area contributed by atoms with Crippen molar-refractivity contribution in [2.24, 2.45) is 5.92 Å². The molecule has 98 valence electrons. The Morgan fingerprint density at radius 2 is 2.18 bits per heavy atom. The van der Waals surface area contributed by atoms with Crippen LogP contribution in [0.25, 0.3) is 0 Å². The summed E-state index contributed by atoms with van der Waals surface area (Å²) in [6.07, 6.45) is 2.37. The molecular formula is C11H19NO3S2. The van der Waals surface area contributed by atoms with E-state index in [-0.39, 0.29) is 17.2 Å². The lowest BCUT2D eigenvalue weighted by molar-refractivity contribution is -0.149. The maximum Gasteiger partial charge on any atom is 0.327 e. The van der Waals surface area contributed by atoms with E-state index in [2.05, 4.69) is 0 Å². The monoisotopic (exact) mass is 277 g/mol. The number of rotatable bonds is 5. The van der Waals surface area contributed by atoms with Crippen LogP contribution in [0.5, 0.6) is 0 Å². The highest BCUT2D eigenvalue weighted by Crippen LogP contribution is 2.34. The van der Waals surface area contributed by atoms with Crippen molar-refractivity contribution in [2.75, 3.05) is 17.8 Å². The van der Waals surface area contributed by atoms with Gasteiger partial charge in [0.2, 0.25) is 5.91 Å². The lowest BCUT2D eigenvalue weighted by Gasteiger charge is -2.29. The van der Waals surface area contributed by atoms with Crippen molar-refractivity contribution in [1.82, 2.24) is 4.90 Å². The van der Waals surface area contributed by atoms with Gasteiger partial charge >= 0.3 is 5.97 Å². The van der Waals surface area contributed by atoms with Crippen LogP contribution in [0.4, 0.5) is 0 Å². The number of carboxylic acids is 1. The summed E-state index contributed by atoms with van der Waals surface area (Å²) in [5.41, 5.74) is 0. The molecular weight excluding hydrogens is 258 g/mol. The molecule has 0 saturated carbocycles. The number of nitrogens with zero attached hydrogens (tertiary/aromatic N) is 1. The van der Waals surface area contributed by atoms with Gasteiger partial charge in [0.25, 0.3) is 0 Å². The molecule has 0 radical (unpaired) electrons. The van der Waals surface area contributed by atoms with Crippen LogP contribution in [0.1, 0.15) is 20.3 Å². The smallest absolute Gasteiger partial charge is 0.327 e. The predicted octanol–water partition coefficient (Wildman–Crippen LogP) is 1.75. The largest absolute Gasteiger partial charge is 0.480 e. The van der Waals surface area contributed by atoms with E-state index in [0.29, 0.717) is 12.2 Å². The second-order valence-electron chi connectivity index (χ2n) is 4.37. The zero-order valence-electron chi connectivity index (χ0n) is 10.4. The molecule has 0 spiro atoms. The summed E-state index contributed by atoms with van der Waals surface area (Å²) in [5, 5.41) is 9.15. The fourth-order valence-corrected chi connectivity index (χ4v) is 3.74. The van der Waals surface area contributed by atoms with Crippen molar-refractivity contribution in [2.45, 2.75) is 31.7 Å². The van der Waals surface area contributed by atoms with Gasteiger partial charge in [-0.15, -0.1) is 11.8 Å². The second kappa shape index (κ2) is 6.54. The van der Waals surface area contributed by atoms with Crippen molar-refractivity contribution < 1.29 is 14.7 Å². The molecule has 0 aromatic carbocycles. The summed E-state index contributed by atoms with van der Waals surface area (Å²) >= 11 is 3.18. The van der Waals surface area contributed by atoms with Crippen LogP contribution in [0.3, 0.4) is 0 Å². The van der Waals surface area contributed by atoms with E-state index < -0.39 is 12.0 Å². The minimum Gasteiger partial charge on any atom is -0.480 e. The molecule has 1 aliphatic heterocycles. The first-order chi connectivity index (χ1) is 7.99. The van der Waals surface area contributed by atoms with E-state index in [9.17, 15) is 9.59 Å². The molecule has 4 nitrogen and oxygen atoms in total. The molecule has 0 aromatic rings. The van der Waals surface area contributed by atoms with Crippen molar-refractivity contribution >= 4 is 35.4 Å². The molecule has 0 bridgehead atoms. The van der Waals surface area contributed by atoms with Gasteiger partial charge in [-0.3, -0.25) is 4.79 Å². The van der Waals surface area contributed by atoms with Crippen molar-refractivity contribution in [1.29, 1.82) is 0 Å². The standard InChI is InChI=1S/C11H19NO3S2/c1-7(2)10-12(9(13)4-5-16-3)8(6-17-10)11(14)15/h7-8,10H,4-6H2,1-3H3,(H,14,15). The first-order valence-electron chi connectivity index (χ1n) is 5.63. The summed E-state index contributed by atoms with van der Waals surface area (Å²) in [6, 6.07) is -0.651. The first-order valence-corrected chi connectivity index (χ1v) is 8.07. The van der Waals surface area contributed by atoms with Crippen LogP contribution in [0.15, 0.2) is 0 Å². The average Bonchev–Trinajstić information content (AvgIpc) is 2.70. The van der Waals surface area contributed by atoms with E-state index >= 15 is 0 Å². The Kier molecular flexibility index (Phi) is 5.66. The zero-order chi connectivity index (χ0) is 13.0. The molecule has 1 fully saturated rings. The van der Waals surface area contributed by atoms with Gasteiger partial charge in [0.15, 0.2) is 0 Å². The summed E-state index contributed by atoms with van der Waals surface area (Å²) in [4.78, 5) is 24.8. The van der Waals surface area contributed by atoms with E-state index in [0.717, 1.165) is 5.75 Å². The van der Waals surface area contributed by atoms with Crippen molar-refractivity contribution in [3.05, 3.63) is 0 Å². The van der Waals surface area contributed by atoms with Gasteiger partial charge in [-0.2, -0.15) is 11.8 Å². The van der Waals surface area contributed by atoms with Crippen LogP contribution < -0.4 is 0 Å². The number of carbonyl (C=O) groups excluding carboxylic acids is 1. The molecule has 0 aromatic heterocycles. The molecule has 2 atom stereocenters. The molecule has 1 N–H and O–H groups in total. The molecule has 1 aliphatic rings. The zero-order valence-corrected chi connectivity index (χ0v) is 12.0. The molecule has 2 unspecified atom stereocenters. The van der Waals surface area contributed by atoms with E-state index in [1.165, 1.54) is 0 Å². The minimum absolute atomic E-state index is 0.00505.